The minimum Gasteiger partial charge on any atom is -0.322 e. The molecule has 0 spiro atoms. The molecule has 1 heterocycles. The van der Waals surface area contributed by atoms with E-state index < -0.39 is 27.1 Å². The Balaban J connectivity index is 1.72. The summed E-state index contributed by atoms with van der Waals surface area (Å²) < 4.78 is 0. The van der Waals surface area contributed by atoms with E-state index in [2.05, 4.69) is 5.32 Å². The van der Waals surface area contributed by atoms with Crippen LogP contribution in [0.1, 0.15) is 25.6 Å². The van der Waals surface area contributed by atoms with Crippen LogP contribution in [0.3, 0.4) is 0 Å². The fourth-order valence-corrected chi connectivity index (χ4v) is 3.14. The lowest BCUT2D eigenvalue weighted by Crippen LogP contribution is -2.12. The molecule has 30 heavy (non-hydrogen) atoms. The molecule has 0 saturated heterocycles. The number of hydrogen-bond donors (Lipinski definition) is 1. The number of benzene rings is 2. The number of nitro groups is 2. The summed E-state index contributed by atoms with van der Waals surface area (Å²) in [4.78, 5) is 45.3. The Morgan fingerprint density at radius 3 is 2.10 bits per heavy atom. The number of anilines is 1. The van der Waals surface area contributed by atoms with E-state index in [1.165, 1.54) is 17.4 Å². The Kier molecular flexibility index (Phi) is 6.08. The lowest BCUT2D eigenvalue weighted by atomic mass is 10.1. The van der Waals surface area contributed by atoms with Crippen molar-refractivity contribution >= 4 is 46.2 Å². The highest BCUT2D eigenvalue weighted by atomic mass is 32.1. The van der Waals surface area contributed by atoms with E-state index in [0.29, 0.717) is 10.6 Å². The lowest BCUT2D eigenvalue weighted by molar-refractivity contribution is -0.394. The molecule has 0 aliphatic heterocycles. The van der Waals surface area contributed by atoms with Crippen LogP contribution in [-0.4, -0.2) is 21.5 Å². The normalized spacial score (nSPS) is 10.7. The maximum Gasteiger partial charge on any atom is 0.277 e. The standard InChI is InChI=1S/C20H13N3O6S/c24-18(19-2-1-9-30-19)8-5-13-3-6-15(7-4-13)21-20(25)14-10-16(22(26)27)12-17(11-14)23(28)29/h1-12H,(H,21,25)/b8-5+. The number of amides is 1. The van der Waals surface area contributed by atoms with Gasteiger partial charge in [0, 0.05) is 17.8 Å². The molecule has 150 valence electrons. The molecule has 0 fully saturated rings. The van der Waals surface area contributed by atoms with Gasteiger partial charge in [0.15, 0.2) is 5.78 Å². The summed E-state index contributed by atoms with van der Waals surface area (Å²) >= 11 is 1.35. The number of nitrogens with one attached hydrogen (secondary N) is 1. The largest absolute Gasteiger partial charge is 0.322 e. The molecule has 3 rings (SSSR count). The smallest absolute Gasteiger partial charge is 0.277 e. The van der Waals surface area contributed by atoms with Gasteiger partial charge in [-0.3, -0.25) is 29.8 Å². The van der Waals surface area contributed by atoms with E-state index in [0.717, 1.165) is 23.8 Å². The number of allylic oxidation sites excluding steroid dienone is 1. The fraction of sp³-hybridized carbons (Fsp3) is 0. The Bertz CT molecular complexity index is 1120. The average Bonchev–Trinajstić information content (AvgIpc) is 3.27. The van der Waals surface area contributed by atoms with Crippen molar-refractivity contribution in [3.63, 3.8) is 0 Å². The van der Waals surface area contributed by atoms with Gasteiger partial charge in [0.1, 0.15) is 0 Å². The van der Waals surface area contributed by atoms with Crippen molar-refractivity contribution in [1.82, 2.24) is 0 Å². The number of nitro benzene ring substituents is 2. The third kappa shape index (κ3) is 5.00. The van der Waals surface area contributed by atoms with Gasteiger partial charge in [-0.25, -0.2) is 0 Å². The molecule has 0 saturated carbocycles. The molecule has 0 aliphatic carbocycles. The van der Waals surface area contributed by atoms with Crippen LogP contribution in [-0.2, 0) is 0 Å². The molecule has 2 aromatic carbocycles. The Labute approximate surface area is 173 Å². The molecular weight excluding hydrogens is 410 g/mol. The average molecular weight is 423 g/mol. The maximum atomic E-state index is 12.4. The first-order valence-electron chi connectivity index (χ1n) is 8.45. The second-order valence-corrected chi connectivity index (χ2v) is 6.95. The molecule has 1 amide bonds. The minimum absolute atomic E-state index is 0.116. The van der Waals surface area contributed by atoms with Gasteiger partial charge in [-0.2, -0.15) is 0 Å². The number of ketones is 1. The molecule has 0 unspecified atom stereocenters. The summed E-state index contributed by atoms with van der Waals surface area (Å²) in [5, 5.41) is 26.3. The van der Waals surface area contributed by atoms with Crippen LogP contribution in [0, 0.1) is 20.2 Å². The van der Waals surface area contributed by atoms with Gasteiger partial charge in [-0.15, -0.1) is 11.3 Å². The Morgan fingerprint density at radius 2 is 1.57 bits per heavy atom. The van der Waals surface area contributed by atoms with Gasteiger partial charge in [-0.05, 0) is 35.2 Å². The molecule has 0 radical (unpaired) electrons. The van der Waals surface area contributed by atoms with Crippen LogP contribution in [0.25, 0.3) is 6.08 Å². The second-order valence-electron chi connectivity index (χ2n) is 6.00. The topological polar surface area (TPSA) is 132 Å². The Morgan fingerprint density at radius 1 is 0.933 bits per heavy atom. The van der Waals surface area contributed by atoms with E-state index in [1.54, 1.807) is 42.5 Å². The summed E-state index contributed by atoms with van der Waals surface area (Å²) in [6.07, 6.45) is 3.08. The molecule has 1 N–H and O–H groups in total. The van der Waals surface area contributed by atoms with E-state index in [4.69, 9.17) is 0 Å². The number of hydrogen-bond acceptors (Lipinski definition) is 7. The third-order valence-electron chi connectivity index (χ3n) is 3.95. The highest BCUT2D eigenvalue weighted by Crippen LogP contribution is 2.23. The van der Waals surface area contributed by atoms with Gasteiger partial charge in [-0.1, -0.05) is 24.3 Å². The van der Waals surface area contributed by atoms with E-state index in [9.17, 15) is 29.8 Å². The summed E-state index contributed by atoms with van der Waals surface area (Å²) in [7, 11) is 0. The highest BCUT2D eigenvalue weighted by molar-refractivity contribution is 7.12. The van der Waals surface area contributed by atoms with Crippen molar-refractivity contribution in [3.05, 3.63) is 102 Å². The quantitative estimate of drug-likeness (QED) is 0.253. The van der Waals surface area contributed by atoms with Crippen molar-refractivity contribution in [2.45, 2.75) is 0 Å². The van der Waals surface area contributed by atoms with Crippen molar-refractivity contribution < 1.29 is 19.4 Å². The number of carbonyl (C=O) groups excluding carboxylic acids is 2. The summed E-state index contributed by atoms with van der Waals surface area (Å²) in [6.45, 7) is 0. The predicted octanol–water partition coefficient (Wildman–Crippen LogP) is 4.71. The van der Waals surface area contributed by atoms with E-state index in [-0.39, 0.29) is 11.3 Å². The van der Waals surface area contributed by atoms with Gasteiger partial charge in [0.25, 0.3) is 17.3 Å². The first kappa shape index (κ1) is 20.6. The number of rotatable bonds is 7. The second kappa shape index (κ2) is 8.88. The molecule has 1 aromatic heterocycles. The van der Waals surface area contributed by atoms with Crippen LogP contribution < -0.4 is 5.32 Å². The van der Waals surface area contributed by atoms with Crippen LogP contribution in [0.15, 0.2) is 66.1 Å². The number of thiophene rings is 1. The fourth-order valence-electron chi connectivity index (χ4n) is 2.49. The Hall–Kier alpha value is -4.18. The molecular formula is C20H13N3O6S. The minimum atomic E-state index is -0.803. The number of non-ortho nitro benzene ring substituents is 2. The maximum absolute atomic E-state index is 12.4. The first-order chi connectivity index (χ1) is 14.3. The summed E-state index contributed by atoms with van der Waals surface area (Å²) in [5.74, 6) is -0.840. The lowest BCUT2D eigenvalue weighted by Gasteiger charge is -2.06. The van der Waals surface area contributed by atoms with Crippen LogP contribution in [0.5, 0.6) is 0 Å². The zero-order chi connectivity index (χ0) is 21.7. The number of nitrogens with zero attached hydrogens (tertiary/aromatic N) is 2. The third-order valence-corrected chi connectivity index (χ3v) is 4.83. The molecule has 0 atom stereocenters. The van der Waals surface area contributed by atoms with E-state index >= 15 is 0 Å². The van der Waals surface area contributed by atoms with Gasteiger partial charge in [0.05, 0.1) is 26.4 Å². The zero-order valence-electron chi connectivity index (χ0n) is 15.2. The zero-order valence-corrected chi connectivity index (χ0v) is 16.0. The molecule has 0 bridgehead atoms. The van der Waals surface area contributed by atoms with Crippen molar-refractivity contribution in [3.8, 4) is 0 Å². The highest BCUT2D eigenvalue weighted by Gasteiger charge is 2.20. The van der Waals surface area contributed by atoms with Gasteiger partial charge < -0.3 is 5.32 Å². The predicted molar refractivity (Wildman–Crippen MR) is 112 cm³/mol. The molecule has 10 heteroatoms. The van der Waals surface area contributed by atoms with Crippen LogP contribution >= 0.6 is 11.3 Å². The van der Waals surface area contributed by atoms with Crippen molar-refractivity contribution in [2.75, 3.05) is 5.32 Å². The molecule has 0 aliphatic rings. The van der Waals surface area contributed by atoms with Crippen molar-refractivity contribution in [2.24, 2.45) is 0 Å². The van der Waals surface area contributed by atoms with Gasteiger partial charge in [0.2, 0.25) is 0 Å². The van der Waals surface area contributed by atoms with Crippen LogP contribution in [0.4, 0.5) is 17.1 Å². The summed E-state index contributed by atoms with van der Waals surface area (Å²) in [5.41, 5.74) is -0.198. The van der Waals surface area contributed by atoms with Crippen LogP contribution in [0.2, 0.25) is 0 Å². The SMILES string of the molecule is O=C(Nc1ccc(/C=C/C(=O)c2cccs2)cc1)c1cc([N+](=O)[O-])cc([N+](=O)[O-])c1. The van der Waals surface area contributed by atoms with Gasteiger partial charge >= 0.3 is 0 Å². The molecule has 9 nitrogen and oxygen atoms in total. The summed E-state index contributed by atoms with van der Waals surface area (Å²) in [6, 6.07) is 12.7. The number of carbonyl (C=O) groups is 2. The first-order valence-corrected chi connectivity index (χ1v) is 9.32. The van der Waals surface area contributed by atoms with Crippen molar-refractivity contribution in [1.29, 1.82) is 0 Å². The van der Waals surface area contributed by atoms with E-state index in [1.807, 2.05) is 5.38 Å². The molecule has 3 aromatic rings. The monoisotopic (exact) mass is 423 g/mol.